The van der Waals surface area contributed by atoms with Crippen LogP contribution in [0.2, 0.25) is 0 Å². The van der Waals surface area contributed by atoms with Gasteiger partial charge >= 0.3 is 0 Å². The van der Waals surface area contributed by atoms with E-state index in [2.05, 4.69) is 0 Å². The Bertz CT molecular complexity index is 650. The minimum atomic E-state index is -3.35. The Hall–Kier alpha value is -1.40. The lowest BCUT2D eigenvalue weighted by atomic mass is 10.1. The van der Waals surface area contributed by atoms with E-state index in [0.29, 0.717) is 6.54 Å². The molecule has 1 aromatic rings. The zero-order chi connectivity index (χ0) is 17.6. The molecule has 0 aliphatic carbocycles. The van der Waals surface area contributed by atoms with Crippen molar-refractivity contribution in [2.24, 2.45) is 0 Å². The van der Waals surface area contributed by atoms with Gasteiger partial charge < -0.3 is 4.90 Å². The predicted molar refractivity (Wildman–Crippen MR) is 96.1 cm³/mol. The van der Waals surface area contributed by atoms with Gasteiger partial charge in [-0.3, -0.25) is 4.79 Å². The zero-order valence-electron chi connectivity index (χ0n) is 14.7. The molecule has 1 aliphatic rings. The highest BCUT2D eigenvalue weighted by molar-refractivity contribution is 7.88. The molecule has 1 amide bonds. The normalized spacial score (nSPS) is 16.2. The van der Waals surface area contributed by atoms with Crippen molar-refractivity contribution in [2.75, 3.05) is 25.9 Å². The molecule has 0 radical (unpaired) electrons. The summed E-state index contributed by atoms with van der Waals surface area (Å²) in [4.78, 5) is 14.3. The number of nitrogens with zero attached hydrogens (tertiary/aromatic N) is 2. The fourth-order valence-electron chi connectivity index (χ4n) is 3.07. The van der Waals surface area contributed by atoms with Crippen molar-refractivity contribution in [1.82, 2.24) is 9.21 Å². The van der Waals surface area contributed by atoms with Gasteiger partial charge in [-0.2, -0.15) is 4.31 Å². The Kier molecular flexibility index (Phi) is 6.80. The van der Waals surface area contributed by atoms with Crippen LogP contribution in [0.5, 0.6) is 0 Å². The van der Waals surface area contributed by atoms with Gasteiger partial charge in [-0.25, -0.2) is 8.42 Å². The Morgan fingerprint density at radius 1 is 1.17 bits per heavy atom. The van der Waals surface area contributed by atoms with E-state index in [4.69, 9.17) is 0 Å². The van der Waals surface area contributed by atoms with Crippen LogP contribution in [0.1, 0.15) is 43.2 Å². The standard InChI is InChI=1S/C18H28N2O3S/c1-16-8-7-9-17(14-16)15-20(24(2,22)23)13-10-18(21)19-11-5-3-4-6-12-19/h7-9,14H,3-6,10-13,15H2,1-2H3. The first-order valence-electron chi connectivity index (χ1n) is 8.65. The van der Waals surface area contributed by atoms with Crippen LogP contribution < -0.4 is 0 Å². The van der Waals surface area contributed by atoms with Crippen LogP contribution in [0.15, 0.2) is 24.3 Å². The van der Waals surface area contributed by atoms with Crippen LogP contribution >= 0.6 is 0 Å². The lowest BCUT2D eigenvalue weighted by Crippen LogP contribution is -2.37. The maximum atomic E-state index is 12.4. The van der Waals surface area contributed by atoms with Crippen LogP contribution in [-0.4, -0.2) is 49.4 Å². The number of hydrogen-bond acceptors (Lipinski definition) is 3. The first-order chi connectivity index (χ1) is 11.4. The topological polar surface area (TPSA) is 57.7 Å². The van der Waals surface area contributed by atoms with Gasteiger partial charge in [0.1, 0.15) is 0 Å². The van der Waals surface area contributed by atoms with Gasteiger partial charge in [-0.15, -0.1) is 0 Å². The van der Waals surface area contributed by atoms with Crippen LogP contribution in [0, 0.1) is 6.92 Å². The number of amides is 1. The summed E-state index contributed by atoms with van der Waals surface area (Å²) in [6.45, 7) is 4.14. The van der Waals surface area contributed by atoms with E-state index in [1.54, 1.807) is 0 Å². The third-order valence-electron chi connectivity index (χ3n) is 4.44. The van der Waals surface area contributed by atoms with E-state index in [-0.39, 0.29) is 18.9 Å². The quantitative estimate of drug-likeness (QED) is 0.790. The molecule has 0 saturated carbocycles. The second kappa shape index (κ2) is 8.62. The number of carbonyl (C=O) groups excluding carboxylic acids is 1. The molecule has 5 nitrogen and oxygen atoms in total. The smallest absolute Gasteiger partial charge is 0.223 e. The van der Waals surface area contributed by atoms with Gasteiger partial charge in [0.15, 0.2) is 0 Å². The number of aryl methyl sites for hydroxylation is 1. The minimum absolute atomic E-state index is 0.0646. The second-order valence-corrected chi connectivity index (χ2v) is 8.61. The van der Waals surface area contributed by atoms with Crippen molar-refractivity contribution < 1.29 is 13.2 Å². The number of hydrogen-bond donors (Lipinski definition) is 0. The Labute approximate surface area is 145 Å². The SMILES string of the molecule is Cc1cccc(CN(CCC(=O)N2CCCCCC2)S(C)(=O)=O)c1. The lowest BCUT2D eigenvalue weighted by Gasteiger charge is -2.24. The number of likely N-dealkylation sites (tertiary alicyclic amines) is 1. The van der Waals surface area contributed by atoms with Gasteiger partial charge in [0.25, 0.3) is 0 Å². The molecular weight excluding hydrogens is 324 g/mol. The van der Waals surface area contributed by atoms with Crippen molar-refractivity contribution in [3.63, 3.8) is 0 Å². The van der Waals surface area contributed by atoms with E-state index < -0.39 is 10.0 Å². The molecule has 1 heterocycles. The van der Waals surface area contributed by atoms with E-state index in [9.17, 15) is 13.2 Å². The first kappa shape index (κ1) is 18.9. The molecule has 6 heteroatoms. The summed E-state index contributed by atoms with van der Waals surface area (Å²) in [6.07, 6.45) is 5.90. The van der Waals surface area contributed by atoms with E-state index in [0.717, 1.165) is 37.1 Å². The summed E-state index contributed by atoms with van der Waals surface area (Å²) < 4.78 is 25.5. The molecule has 0 aromatic heterocycles. The molecule has 0 bridgehead atoms. The molecular formula is C18H28N2O3S. The lowest BCUT2D eigenvalue weighted by molar-refractivity contribution is -0.131. The largest absolute Gasteiger partial charge is 0.343 e. The third-order valence-corrected chi connectivity index (χ3v) is 5.69. The summed E-state index contributed by atoms with van der Waals surface area (Å²) in [5, 5.41) is 0. The first-order valence-corrected chi connectivity index (χ1v) is 10.5. The van der Waals surface area contributed by atoms with Crippen molar-refractivity contribution in [3.8, 4) is 0 Å². The van der Waals surface area contributed by atoms with Gasteiger partial charge in [0.2, 0.25) is 15.9 Å². The molecule has 0 N–H and O–H groups in total. The Morgan fingerprint density at radius 3 is 2.42 bits per heavy atom. The van der Waals surface area contributed by atoms with E-state index in [1.807, 2.05) is 36.1 Å². The third kappa shape index (κ3) is 5.91. The van der Waals surface area contributed by atoms with Gasteiger partial charge in [0, 0.05) is 32.6 Å². The number of carbonyl (C=O) groups is 1. The minimum Gasteiger partial charge on any atom is -0.343 e. The molecule has 0 spiro atoms. The molecule has 24 heavy (non-hydrogen) atoms. The summed E-state index contributed by atoms with van der Waals surface area (Å²) in [6, 6.07) is 7.81. The van der Waals surface area contributed by atoms with Gasteiger partial charge in [-0.05, 0) is 25.3 Å². The maximum absolute atomic E-state index is 12.4. The average Bonchev–Trinajstić information content (AvgIpc) is 2.79. The van der Waals surface area contributed by atoms with Crippen LogP contribution in [0.25, 0.3) is 0 Å². The molecule has 2 rings (SSSR count). The number of sulfonamides is 1. The molecule has 1 saturated heterocycles. The molecule has 1 aliphatic heterocycles. The van der Waals surface area contributed by atoms with Crippen LogP contribution in [-0.2, 0) is 21.4 Å². The summed E-state index contributed by atoms with van der Waals surface area (Å²) >= 11 is 0. The second-order valence-electron chi connectivity index (χ2n) is 6.63. The molecule has 0 atom stereocenters. The van der Waals surface area contributed by atoms with Crippen LogP contribution in [0.4, 0.5) is 0 Å². The highest BCUT2D eigenvalue weighted by atomic mass is 32.2. The molecule has 1 aromatic carbocycles. The zero-order valence-corrected chi connectivity index (χ0v) is 15.5. The monoisotopic (exact) mass is 352 g/mol. The highest BCUT2D eigenvalue weighted by Crippen LogP contribution is 2.14. The van der Waals surface area contributed by atoms with E-state index >= 15 is 0 Å². The van der Waals surface area contributed by atoms with Crippen molar-refractivity contribution in [3.05, 3.63) is 35.4 Å². The maximum Gasteiger partial charge on any atom is 0.223 e. The predicted octanol–water partition coefficient (Wildman–Crippen LogP) is 2.55. The molecule has 134 valence electrons. The Balaban J connectivity index is 1.97. The summed E-state index contributed by atoms with van der Waals surface area (Å²) in [5.41, 5.74) is 2.05. The van der Waals surface area contributed by atoms with Gasteiger partial charge in [0.05, 0.1) is 6.26 Å². The Morgan fingerprint density at radius 2 is 1.83 bits per heavy atom. The summed E-state index contributed by atoms with van der Waals surface area (Å²) in [5.74, 6) is 0.0646. The fraction of sp³-hybridized carbons (Fsp3) is 0.611. The average molecular weight is 353 g/mol. The van der Waals surface area contributed by atoms with E-state index in [1.165, 1.54) is 23.4 Å². The highest BCUT2D eigenvalue weighted by Gasteiger charge is 2.21. The number of benzene rings is 1. The van der Waals surface area contributed by atoms with Crippen LogP contribution in [0.3, 0.4) is 0 Å². The van der Waals surface area contributed by atoms with Crippen molar-refractivity contribution in [1.29, 1.82) is 0 Å². The van der Waals surface area contributed by atoms with Crippen molar-refractivity contribution >= 4 is 15.9 Å². The molecule has 1 fully saturated rings. The van der Waals surface area contributed by atoms with Gasteiger partial charge in [-0.1, -0.05) is 42.7 Å². The summed E-state index contributed by atoms with van der Waals surface area (Å²) in [7, 11) is -3.35. The number of rotatable bonds is 6. The fourth-order valence-corrected chi connectivity index (χ4v) is 3.88. The molecule has 0 unspecified atom stereocenters. The van der Waals surface area contributed by atoms with Crippen molar-refractivity contribution in [2.45, 2.75) is 45.6 Å².